The molecule has 0 aromatic heterocycles. The molecule has 0 radical (unpaired) electrons. The Bertz CT molecular complexity index is 992. The Morgan fingerprint density at radius 3 is 2.52 bits per heavy atom. The minimum Gasteiger partial charge on any atom is -0.434 e. The molecule has 2 N–H and O–H groups in total. The Labute approximate surface area is 168 Å². The summed E-state index contributed by atoms with van der Waals surface area (Å²) >= 11 is 0. The average Bonchev–Trinajstić information content (AvgIpc) is 2.63. The second-order valence-corrected chi connectivity index (χ2v) is 7.98. The van der Waals surface area contributed by atoms with Crippen molar-refractivity contribution in [2.24, 2.45) is 0 Å². The van der Waals surface area contributed by atoms with Gasteiger partial charge in [-0.1, -0.05) is 31.2 Å². The van der Waals surface area contributed by atoms with E-state index in [2.05, 4.69) is 14.8 Å². The zero-order valence-electron chi connectivity index (χ0n) is 16.0. The summed E-state index contributed by atoms with van der Waals surface area (Å²) in [6.07, 6.45) is 3.02. The molecule has 0 aliphatic rings. The number of hydrogen-bond acceptors (Lipinski definition) is 4. The van der Waals surface area contributed by atoms with Gasteiger partial charge in [0.15, 0.2) is 0 Å². The summed E-state index contributed by atoms with van der Waals surface area (Å²) in [5.74, 6) is -0.560. The van der Waals surface area contributed by atoms with E-state index >= 15 is 0 Å². The molecule has 9 heteroatoms. The third kappa shape index (κ3) is 6.86. The van der Waals surface area contributed by atoms with Gasteiger partial charge < -0.3 is 10.1 Å². The van der Waals surface area contributed by atoms with Gasteiger partial charge in [0.1, 0.15) is 5.75 Å². The van der Waals surface area contributed by atoms with Crippen molar-refractivity contribution in [3.63, 3.8) is 0 Å². The molecule has 6 nitrogen and oxygen atoms in total. The summed E-state index contributed by atoms with van der Waals surface area (Å²) in [6, 6.07) is 10.9. The van der Waals surface area contributed by atoms with Crippen LogP contribution in [-0.4, -0.2) is 26.7 Å². The largest absolute Gasteiger partial charge is 0.434 e. The molecular weight excluding hydrogens is 402 g/mol. The predicted octanol–water partition coefficient (Wildman–Crippen LogP) is 4.40. The molecule has 0 aliphatic heterocycles. The van der Waals surface area contributed by atoms with Crippen LogP contribution in [0, 0.1) is 6.92 Å². The standard InChI is InChI=1S/C20H22F2N2O4S/c1-3-13-29(26,27)24-17-9-6-8-16(14(17)2)23-19(25)12-11-15-7-4-5-10-18(15)28-20(21)22/h4-12,20,24H,3,13H2,1-2H3,(H,23,25). The number of nitrogens with one attached hydrogen (secondary N) is 2. The molecule has 2 rings (SSSR count). The number of rotatable bonds is 9. The van der Waals surface area contributed by atoms with Crippen LogP contribution in [0.2, 0.25) is 0 Å². The number of hydrogen-bond donors (Lipinski definition) is 2. The zero-order chi connectivity index (χ0) is 21.4. The van der Waals surface area contributed by atoms with Crippen LogP contribution in [0.5, 0.6) is 5.75 Å². The van der Waals surface area contributed by atoms with Crippen molar-refractivity contribution in [2.45, 2.75) is 26.9 Å². The molecule has 0 atom stereocenters. The van der Waals surface area contributed by atoms with Gasteiger partial charge >= 0.3 is 6.61 Å². The van der Waals surface area contributed by atoms with E-state index in [-0.39, 0.29) is 11.5 Å². The molecular formula is C20H22F2N2O4S. The number of alkyl halides is 2. The number of carbonyl (C=O) groups is 1. The number of carbonyl (C=O) groups excluding carboxylic acids is 1. The van der Waals surface area contributed by atoms with E-state index in [9.17, 15) is 22.0 Å². The molecule has 0 aliphatic carbocycles. The van der Waals surface area contributed by atoms with Gasteiger partial charge in [-0.2, -0.15) is 8.78 Å². The predicted molar refractivity (Wildman–Crippen MR) is 110 cm³/mol. The first-order valence-corrected chi connectivity index (χ1v) is 10.5. The lowest BCUT2D eigenvalue weighted by Crippen LogP contribution is -2.17. The highest BCUT2D eigenvalue weighted by molar-refractivity contribution is 7.92. The third-order valence-corrected chi connectivity index (χ3v) is 5.36. The highest BCUT2D eigenvalue weighted by atomic mass is 32.2. The van der Waals surface area contributed by atoms with E-state index in [4.69, 9.17) is 0 Å². The SMILES string of the molecule is CCCS(=O)(=O)Nc1cccc(NC(=O)C=Cc2ccccc2OC(F)F)c1C. The summed E-state index contributed by atoms with van der Waals surface area (Å²) in [5, 5.41) is 2.65. The Morgan fingerprint density at radius 2 is 1.83 bits per heavy atom. The van der Waals surface area contributed by atoms with Crippen molar-refractivity contribution in [2.75, 3.05) is 15.8 Å². The van der Waals surface area contributed by atoms with E-state index in [0.717, 1.165) is 0 Å². The van der Waals surface area contributed by atoms with Crippen molar-refractivity contribution < 1.29 is 26.7 Å². The topological polar surface area (TPSA) is 84.5 Å². The monoisotopic (exact) mass is 424 g/mol. The Morgan fingerprint density at radius 1 is 1.14 bits per heavy atom. The Balaban J connectivity index is 2.14. The van der Waals surface area contributed by atoms with E-state index in [1.54, 1.807) is 44.2 Å². The molecule has 0 unspecified atom stereocenters. The smallest absolute Gasteiger partial charge is 0.387 e. The van der Waals surface area contributed by atoms with Crippen LogP contribution in [-0.2, 0) is 14.8 Å². The van der Waals surface area contributed by atoms with Crippen LogP contribution in [0.25, 0.3) is 6.08 Å². The molecule has 2 aromatic rings. The first-order valence-electron chi connectivity index (χ1n) is 8.85. The van der Waals surface area contributed by atoms with E-state index in [1.165, 1.54) is 24.3 Å². The summed E-state index contributed by atoms with van der Waals surface area (Å²) in [5.41, 5.74) is 1.67. The fraction of sp³-hybridized carbons (Fsp3) is 0.250. The maximum Gasteiger partial charge on any atom is 0.387 e. The third-order valence-electron chi connectivity index (χ3n) is 3.88. The number of para-hydroxylation sites is 1. The van der Waals surface area contributed by atoms with Gasteiger partial charge in [0.05, 0.1) is 11.4 Å². The summed E-state index contributed by atoms with van der Waals surface area (Å²) < 4.78 is 55.8. The number of ether oxygens (including phenoxy) is 1. The van der Waals surface area contributed by atoms with Crippen LogP contribution in [0.4, 0.5) is 20.2 Å². The van der Waals surface area contributed by atoms with Gasteiger partial charge in [0, 0.05) is 17.3 Å². The van der Waals surface area contributed by atoms with Gasteiger partial charge in [0.25, 0.3) is 0 Å². The fourth-order valence-corrected chi connectivity index (χ4v) is 3.73. The van der Waals surface area contributed by atoms with Crippen LogP contribution < -0.4 is 14.8 Å². The number of halogens is 2. The summed E-state index contributed by atoms with van der Waals surface area (Å²) in [4.78, 5) is 12.2. The highest BCUT2D eigenvalue weighted by Crippen LogP contribution is 2.25. The normalized spacial score (nSPS) is 11.6. The van der Waals surface area contributed by atoms with Gasteiger partial charge in [0.2, 0.25) is 15.9 Å². The first kappa shape index (κ1) is 22.4. The maximum absolute atomic E-state index is 12.5. The molecule has 0 saturated heterocycles. The summed E-state index contributed by atoms with van der Waals surface area (Å²) in [7, 11) is -3.47. The lowest BCUT2D eigenvalue weighted by atomic mass is 10.1. The lowest BCUT2D eigenvalue weighted by Gasteiger charge is -2.13. The van der Waals surface area contributed by atoms with Crippen molar-refractivity contribution in [3.8, 4) is 5.75 Å². The minimum absolute atomic E-state index is 0.00807. The molecule has 0 saturated carbocycles. The van der Waals surface area contributed by atoms with Gasteiger partial charge in [-0.25, -0.2) is 8.42 Å². The van der Waals surface area contributed by atoms with E-state index in [0.29, 0.717) is 28.9 Å². The lowest BCUT2D eigenvalue weighted by molar-refractivity contribution is -0.111. The zero-order valence-corrected chi connectivity index (χ0v) is 16.8. The molecule has 0 fully saturated rings. The number of anilines is 2. The Kier molecular flexibility index (Phi) is 7.72. The second-order valence-electron chi connectivity index (χ2n) is 6.14. The summed E-state index contributed by atoms with van der Waals surface area (Å²) in [6.45, 7) is 0.467. The van der Waals surface area contributed by atoms with Crippen molar-refractivity contribution in [1.82, 2.24) is 0 Å². The van der Waals surface area contributed by atoms with Crippen LogP contribution in [0.15, 0.2) is 48.5 Å². The molecule has 2 aromatic carbocycles. The highest BCUT2D eigenvalue weighted by Gasteiger charge is 2.13. The van der Waals surface area contributed by atoms with Gasteiger partial charge in [-0.05, 0) is 43.2 Å². The first-order chi connectivity index (χ1) is 13.7. The number of amides is 1. The van der Waals surface area contributed by atoms with E-state index < -0.39 is 22.5 Å². The van der Waals surface area contributed by atoms with Crippen LogP contribution in [0.1, 0.15) is 24.5 Å². The van der Waals surface area contributed by atoms with Crippen molar-refractivity contribution >= 4 is 33.4 Å². The average molecular weight is 424 g/mol. The maximum atomic E-state index is 12.5. The molecule has 156 valence electrons. The van der Waals surface area contributed by atoms with Gasteiger partial charge in [-0.3, -0.25) is 9.52 Å². The number of sulfonamides is 1. The van der Waals surface area contributed by atoms with Crippen molar-refractivity contribution in [3.05, 3.63) is 59.7 Å². The number of benzene rings is 2. The van der Waals surface area contributed by atoms with E-state index in [1.807, 2.05) is 0 Å². The fourth-order valence-electron chi connectivity index (χ4n) is 2.53. The molecule has 0 heterocycles. The molecule has 29 heavy (non-hydrogen) atoms. The Hall–Kier alpha value is -2.94. The molecule has 0 spiro atoms. The second kappa shape index (κ2) is 10.0. The van der Waals surface area contributed by atoms with Crippen LogP contribution >= 0.6 is 0 Å². The quantitative estimate of drug-likeness (QED) is 0.585. The minimum atomic E-state index is -3.47. The molecule has 0 bridgehead atoms. The van der Waals surface area contributed by atoms with Gasteiger partial charge in [-0.15, -0.1) is 0 Å². The van der Waals surface area contributed by atoms with Crippen LogP contribution in [0.3, 0.4) is 0 Å². The van der Waals surface area contributed by atoms with Crippen molar-refractivity contribution in [1.29, 1.82) is 0 Å². The molecule has 1 amide bonds.